The van der Waals surface area contributed by atoms with Crippen LogP contribution >= 0.6 is 11.8 Å². The van der Waals surface area contributed by atoms with Crippen molar-refractivity contribution in [3.8, 4) is 23.8 Å². The molecule has 2 heterocycles. The highest BCUT2D eigenvalue weighted by Gasteiger charge is 2.48. The zero-order valence-corrected chi connectivity index (χ0v) is 22.1. The van der Waals surface area contributed by atoms with Crippen LogP contribution in [0.3, 0.4) is 0 Å². The van der Waals surface area contributed by atoms with Crippen LogP contribution in [-0.2, 0) is 16.1 Å². The molecule has 0 aromatic heterocycles. The van der Waals surface area contributed by atoms with Crippen LogP contribution in [-0.4, -0.2) is 58.6 Å². The van der Waals surface area contributed by atoms with Crippen LogP contribution in [0.4, 0.5) is 23.2 Å². The fraction of sp³-hybridized carbons (Fsp3) is 0.370. The number of nitrogens with zero attached hydrogens (tertiary/aromatic N) is 3. The number of benzene rings is 2. The second kappa shape index (κ2) is 10.8. The Labute approximate surface area is 227 Å². The maximum absolute atomic E-state index is 14.1. The third-order valence-corrected chi connectivity index (χ3v) is 7.51. The Bertz CT molecular complexity index is 1340. The molecule has 7 nitrogen and oxygen atoms in total. The largest absolute Gasteiger partial charge is 0.573 e. The van der Waals surface area contributed by atoms with Crippen LogP contribution in [0.15, 0.2) is 47.5 Å². The van der Waals surface area contributed by atoms with Gasteiger partial charge in [0.25, 0.3) is 5.91 Å². The van der Waals surface area contributed by atoms with Crippen molar-refractivity contribution in [3.05, 3.63) is 53.8 Å². The molecular weight excluding hydrogens is 538 g/mol. The number of amides is 2. The van der Waals surface area contributed by atoms with Gasteiger partial charge in [-0.15, -0.1) is 19.6 Å². The zero-order chi connectivity index (χ0) is 28.5. The molecule has 0 spiro atoms. The second-order valence-electron chi connectivity index (χ2n) is 9.50. The van der Waals surface area contributed by atoms with E-state index in [1.165, 1.54) is 42.0 Å². The van der Waals surface area contributed by atoms with E-state index in [1.807, 2.05) is 0 Å². The summed E-state index contributed by atoms with van der Waals surface area (Å²) in [6.07, 6.45) is 0.718. The lowest BCUT2D eigenvalue weighted by Crippen LogP contribution is -2.52. The minimum Gasteiger partial charge on any atom is -0.497 e. The van der Waals surface area contributed by atoms with Gasteiger partial charge in [-0.05, 0) is 43.9 Å². The summed E-state index contributed by atoms with van der Waals surface area (Å²) in [6.45, 7) is 3.98. The number of aliphatic imine (C=N–C) groups is 1. The van der Waals surface area contributed by atoms with Crippen LogP contribution in [0.25, 0.3) is 0 Å². The van der Waals surface area contributed by atoms with Crippen LogP contribution < -0.4 is 14.4 Å². The van der Waals surface area contributed by atoms with Crippen LogP contribution in [0, 0.1) is 18.2 Å². The number of likely N-dealkylation sites (tertiary alicyclic amines) is 1. The number of carbonyl (C=O) groups is 2. The van der Waals surface area contributed by atoms with Crippen molar-refractivity contribution in [2.24, 2.45) is 4.99 Å². The molecule has 2 unspecified atom stereocenters. The molecule has 2 aromatic rings. The molecule has 2 aliphatic rings. The van der Waals surface area contributed by atoms with Crippen molar-refractivity contribution in [1.29, 1.82) is 0 Å². The van der Waals surface area contributed by atoms with Crippen molar-refractivity contribution >= 4 is 34.3 Å². The van der Waals surface area contributed by atoms with Gasteiger partial charge in [-0.1, -0.05) is 23.9 Å². The number of terminal acetylenes is 1. The van der Waals surface area contributed by atoms with Crippen LogP contribution in [0.2, 0.25) is 0 Å². The third-order valence-electron chi connectivity index (χ3n) is 6.34. The van der Waals surface area contributed by atoms with Crippen molar-refractivity contribution < 1.29 is 36.6 Å². The Balaban J connectivity index is 1.74. The number of thioether (sulfide) groups is 1. The van der Waals surface area contributed by atoms with Crippen molar-refractivity contribution in [2.75, 3.05) is 18.6 Å². The molecule has 12 heteroatoms. The minimum absolute atomic E-state index is 0.00830. The van der Waals surface area contributed by atoms with E-state index in [1.54, 1.807) is 26.0 Å². The molecule has 4 rings (SSSR count). The molecule has 206 valence electrons. The molecule has 1 saturated heterocycles. The van der Waals surface area contributed by atoms with E-state index in [2.05, 4.69) is 15.6 Å². The first-order valence-electron chi connectivity index (χ1n) is 11.9. The zero-order valence-electron chi connectivity index (χ0n) is 21.3. The maximum atomic E-state index is 14.1. The first-order chi connectivity index (χ1) is 18.3. The molecule has 1 fully saturated rings. The monoisotopic (exact) mass is 563 g/mol. The Morgan fingerprint density at radius 2 is 1.90 bits per heavy atom. The molecule has 2 aliphatic heterocycles. The molecular formula is C27H25F4N3O4S. The van der Waals surface area contributed by atoms with E-state index in [-0.39, 0.29) is 30.9 Å². The van der Waals surface area contributed by atoms with E-state index in [4.69, 9.17) is 11.2 Å². The summed E-state index contributed by atoms with van der Waals surface area (Å²) < 4.78 is 61.1. The molecule has 39 heavy (non-hydrogen) atoms. The van der Waals surface area contributed by atoms with E-state index < -0.39 is 46.6 Å². The van der Waals surface area contributed by atoms with E-state index in [0.717, 1.165) is 17.0 Å². The molecule has 2 amide bonds. The fourth-order valence-electron chi connectivity index (χ4n) is 4.55. The summed E-state index contributed by atoms with van der Waals surface area (Å²) in [5, 5.41) is 0.306. The van der Waals surface area contributed by atoms with Gasteiger partial charge in [-0.3, -0.25) is 19.5 Å². The second-order valence-corrected chi connectivity index (χ2v) is 11.1. The van der Waals surface area contributed by atoms with Crippen molar-refractivity contribution in [3.63, 3.8) is 0 Å². The number of hydrogen-bond donors (Lipinski definition) is 0. The van der Waals surface area contributed by atoms with Gasteiger partial charge in [0.15, 0.2) is 0 Å². The van der Waals surface area contributed by atoms with Gasteiger partial charge in [0, 0.05) is 36.0 Å². The summed E-state index contributed by atoms with van der Waals surface area (Å²) in [4.78, 5) is 34.7. The van der Waals surface area contributed by atoms with Gasteiger partial charge in [-0.25, -0.2) is 4.39 Å². The van der Waals surface area contributed by atoms with Crippen LogP contribution in [0.1, 0.15) is 25.8 Å². The van der Waals surface area contributed by atoms with Gasteiger partial charge in [-0.2, -0.15) is 0 Å². The van der Waals surface area contributed by atoms with Crippen LogP contribution in [0.5, 0.6) is 11.5 Å². The van der Waals surface area contributed by atoms with Gasteiger partial charge in [0.2, 0.25) is 5.91 Å². The summed E-state index contributed by atoms with van der Waals surface area (Å²) in [5.41, 5.74) is 0.660. The van der Waals surface area contributed by atoms with E-state index in [0.29, 0.717) is 10.6 Å². The molecule has 0 aliphatic carbocycles. The van der Waals surface area contributed by atoms with Gasteiger partial charge in [0.1, 0.15) is 34.4 Å². The third kappa shape index (κ3) is 6.30. The predicted molar refractivity (Wildman–Crippen MR) is 139 cm³/mol. The normalized spacial score (nSPS) is 20.4. The SMILES string of the molecule is C#CC1=NC(C(=O)N(c2cc(OC)cc(OC(F)(F)F)c2)C2CCN(Cc3ccc(F)cc3)C2=O)C(C)(C)S1. The lowest BCUT2D eigenvalue weighted by atomic mass is 10.0. The van der Waals surface area contributed by atoms with Crippen molar-refractivity contribution in [2.45, 2.75) is 50.0 Å². The number of hydrogen-bond acceptors (Lipinski definition) is 6. The molecule has 0 radical (unpaired) electrons. The number of alkyl halides is 3. The van der Waals surface area contributed by atoms with E-state index in [9.17, 15) is 27.2 Å². The highest BCUT2D eigenvalue weighted by atomic mass is 32.2. The highest BCUT2D eigenvalue weighted by Crippen LogP contribution is 2.41. The van der Waals surface area contributed by atoms with Gasteiger partial charge in [0.05, 0.1) is 12.8 Å². The standard InChI is InChI=1S/C27H25F4N3O4S/c1-5-22-32-23(26(2,3)39-22)25(36)34(18-12-19(37-4)14-20(13-18)38-27(29,30)31)21-10-11-33(24(21)35)15-16-6-8-17(28)9-7-16/h1,6-9,12-14,21,23H,10-11,15H2,2-4H3. The summed E-state index contributed by atoms with van der Waals surface area (Å²) in [6, 6.07) is 7.03. The first-order valence-corrected chi connectivity index (χ1v) is 12.7. The fourth-order valence-corrected chi connectivity index (χ4v) is 5.53. The average molecular weight is 564 g/mol. The lowest BCUT2D eigenvalue weighted by Gasteiger charge is -2.33. The van der Waals surface area contributed by atoms with Gasteiger partial charge >= 0.3 is 6.36 Å². The predicted octanol–water partition coefficient (Wildman–Crippen LogP) is 4.79. The van der Waals surface area contributed by atoms with Gasteiger partial charge < -0.3 is 14.4 Å². The minimum atomic E-state index is -5.00. The summed E-state index contributed by atoms with van der Waals surface area (Å²) in [5.74, 6) is 0.365. The Hall–Kier alpha value is -3.72. The van der Waals surface area contributed by atoms with E-state index >= 15 is 0 Å². The number of rotatable bonds is 7. The molecule has 0 N–H and O–H groups in total. The topological polar surface area (TPSA) is 71.4 Å². The smallest absolute Gasteiger partial charge is 0.497 e. The molecule has 2 aromatic carbocycles. The summed E-state index contributed by atoms with van der Waals surface area (Å²) >= 11 is 1.22. The van der Waals surface area contributed by atoms with Crippen molar-refractivity contribution in [1.82, 2.24) is 4.90 Å². The molecule has 0 bridgehead atoms. The Morgan fingerprint density at radius 1 is 1.23 bits per heavy atom. The lowest BCUT2D eigenvalue weighted by molar-refractivity contribution is -0.274. The number of methoxy groups -OCH3 is 1. The Kier molecular flexibility index (Phi) is 7.84. The number of ether oxygens (including phenoxy) is 2. The number of carbonyl (C=O) groups excluding carboxylic acids is 2. The maximum Gasteiger partial charge on any atom is 0.573 e. The number of anilines is 1. The molecule has 2 atom stereocenters. The summed E-state index contributed by atoms with van der Waals surface area (Å²) in [7, 11) is 1.26. The number of halogens is 4. The first kappa shape index (κ1) is 28.3. The quantitative estimate of drug-likeness (QED) is 0.358. The highest BCUT2D eigenvalue weighted by molar-refractivity contribution is 8.16. The Morgan fingerprint density at radius 3 is 2.49 bits per heavy atom. The molecule has 0 saturated carbocycles. The average Bonchev–Trinajstić information content (AvgIpc) is 3.37.